The van der Waals surface area contributed by atoms with Gasteiger partial charge in [-0.1, -0.05) is 27.7 Å². The summed E-state index contributed by atoms with van der Waals surface area (Å²) in [6, 6.07) is 0. The predicted octanol–water partition coefficient (Wildman–Crippen LogP) is 3.07. The maximum Gasteiger partial charge on any atom is 0.0771 e. The van der Waals surface area contributed by atoms with E-state index in [4.69, 9.17) is 0 Å². The van der Waals surface area contributed by atoms with E-state index in [0.29, 0.717) is 10.7 Å². The Morgan fingerprint density at radius 1 is 1.46 bits per heavy atom. The number of aliphatic hydroxyl groups is 1. The Bertz CT molecular complexity index is 173. The first kappa shape index (κ1) is 11.4. The second-order valence-electron chi connectivity index (χ2n) is 5.43. The van der Waals surface area contributed by atoms with Crippen LogP contribution in [0.15, 0.2) is 0 Å². The van der Waals surface area contributed by atoms with E-state index >= 15 is 0 Å². The Labute approximate surface area is 86.3 Å². The standard InChI is InChI=1S/C11H22OS/c1-9-11(12,7-8-13-9)6-5-10(2,3)4/h9,12H,5-8H2,1-4H3. The van der Waals surface area contributed by atoms with Gasteiger partial charge in [-0.05, 0) is 30.4 Å². The van der Waals surface area contributed by atoms with Crippen molar-refractivity contribution in [3.8, 4) is 0 Å². The second-order valence-corrected chi connectivity index (χ2v) is 6.88. The zero-order valence-corrected chi connectivity index (χ0v) is 10.1. The highest BCUT2D eigenvalue weighted by Crippen LogP contribution is 2.40. The Morgan fingerprint density at radius 2 is 2.08 bits per heavy atom. The molecule has 1 nitrogen and oxygen atoms in total. The van der Waals surface area contributed by atoms with Crippen molar-refractivity contribution in [2.75, 3.05) is 5.75 Å². The summed E-state index contributed by atoms with van der Waals surface area (Å²) in [5, 5.41) is 10.7. The van der Waals surface area contributed by atoms with Gasteiger partial charge in [-0.25, -0.2) is 0 Å². The summed E-state index contributed by atoms with van der Waals surface area (Å²) in [6.07, 6.45) is 3.06. The van der Waals surface area contributed by atoms with Crippen molar-refractivity contribution in [3.63, 3.8) is 0 Å². The fourth-order valence-corrected chi connectivity index (χ4v) is 3.06. The van der Waals surface area contributed by atoms with E-state index in [1.165, 1.54) is 0 Å². The van der Waals surface area contributed by atoms with Crippen LogP contribution in [0.3, 0.4) is 0 Å². The minimum atomic E-state index is -0.377. The molecule has 0 bridgehead atoms. The molecule has 0 saturated carbocycles. The highest BCUT2D eigenvalue weighted by Gasteiger charge is 2.39. The van der Waals surface area contributed by atoms with Crippen molar-refractivity contribution in [3.05, 3.63) is 0 Å². The van der Waals surface area contributed by atoms with Gasteiger partial charge in [0.15, 0.2) is 0 Å². The Morgan fingerprint density at radius 3 is 2.46 bits per heavy atom. The minimum absolute atomic E-state index is 0.350. The van der Waals surface area contributed by atoms with Crippen molar-refractivity contribution in [1.82, 2.24) is 0 Å². The van der Waals surface area contributed by atoms with E-state index in [2.05, 4.69) is 27.7 Å². The molecule has 1 saturated heterocycles. The zero-order chi connectivity index (χ0) is 10.1. The molecule has 0 aromatic rings. The van der Waals surface area contributed by atoms with Crippen LogP contribution in [-0.2, 0) is 0 Å². The van der Waals surface area contributed by atoms with Crippen LogP contribution in [0, 0.1) is 5.41 Å². The number of thioether (sulfide) groups is 1. The third-order valence-corrected chi connectivity index (χ3v) is 4.35. The van der Waals surface area contributed by atoms with Crippen LogP contribution in [0.2, 0.25) is 0 Å². The molecular weight excluding hydrogens is 180 g/mol. The number of hydrogen-bond acceptors (Lipinski definition) is 2. The summed E-state index contributed by atoms with van der Waals surface area (Å²) < 4.78 is 0. The molecule has 0 amide bonds. The minimum Gasteiger partial charge on any atom is -0.389 e. The molecule has 0 radical (unpaired) electrons. The van der Waals surface area contributed by atoms with E-state index < -0.39 is 0 Å². The van der Waals surface area contributed by atoms with Gasteiger partial charge in [0.25, 0.3) is 0 Å². The smallest absolute Gasteiger partial charge is 0.0771 e. The third kappa shape index (κ3) is 3.17. The van der Waals surface area contributed by atoms with Crippen molar-refractivity contribution >= 4 is 11.8 Å². The molecule has 1 N–H and O–H groups in total. The first-order valence-electron chi connectivity index (χ1n) is 5.17. The van der Waals surface area contributed by atoms with Gasteiger partial charge < -0.3 is 5.11 Å². The van der Waals surface area contributed by atoms with Crippen molar-refractivity contribution in [2.45, 2.75) is 57.8 Å². The van der Waals surface area contributed by atoms with Gasteiger partial charge in [0.2, 0.25) is 0 Å². The molecule has 2 atom stereocenters. The third-order valence-electron chi connectivity index (χ3n) is 2.97. The van der Waals surface area contributed by atoms with Crippen LogP contribution in [0.1, 0.15) is 47.0 Å². The predicted molar refractivity (Wildman–Crippen MR) is 60.2 cm³/mol. The van der Waals surface area contributed by atoms with Crippen molar-refractivity contribution in [2.24, 2.45) is 5.41 Å². The van der Waals surface area contributed by atoms with Gasteiger partial charge in [0.05, 0.1) is 5.60 Å². The van der Waals surface area contributed by atoms with Crippen LogP contribution in [-0.4, -0.2) is 21.7 Å². The van der Waals surface area contributed by atoms with Gasteiger partial charge in [0.1, 0.15) is 0 Å². The summed E-state index contributed by atoms with van der Waals surface area (Å²) in [4.78, 5) is 0. The monoisotopic (exact) mass is 202 g/mol. The van der Waals surface area contributed by atoms with E-state index in [1.807, 2.05) is 11.8 Å². The topological polar surface area (TPSA) is 20.2 Å². The second kappa shape index (κ2) is 3.82. The molecule has 0 spiro atoms. The zero-order valence-electron chi connectivity index (χ0n) is 9.26. The Balaban J connectivity index is 2.43. The fourth-order valence-electron chi connectivity index (χ4n) is 1.69. The lowest BCUT2D eigenvalue weighted by atomic mass is 9.82. The van der Waals surface area contributed by atoms with Crippen LogP contribution >= 0.6 is 11.8 Å². The Kier molecular flexibility index (Phi) is 3.34. The molecule has 0 aromatic carbocycles. The fraction of sp³-hybridized carbons (Fsp3) is 1.00. The quantitative estimate of drug-likeness (QED) is 0.742. The van der Waals surface area contributed by atoms with E-state index in [9.17, 15) is 5.11 Å². The SMILES string of the molecule is CC1SCCC1(O)CCC(C)(C)C. The summed E-state index contributed by atoms with van der Waals surface area (Å²) in [5.74, 6) is 1.13. The summed E-state index contributed by atoms with van der Waals surface area (Å²) in [5.41, 5.74) is -0.0271. The number of rotatable bonds is 2. The summed E-state index contributed by atoms with van der Waals surface area (Å²) in [7, 11) is 0. The molecule has 2 unspecified atom stereocenters. The van der Waals surface area contributed by atoms with E-state index in [-0.39, 0.29) is 5.60 Å². The molecule has 0 aromatic heterocycles. The normalized spacial score (nSPS) is 35.3. The maximum absolute atomic E-state index is 10.3. The molecule has 1 fully saturated rings. The molecule has 1 rings (SSSR count). The first-order valence-corrected chi connectivity index (χ1v) is 6.22. The molecule has 2 heteroatoms. The van der Waals surface area contributed by atoms with E-state index in [1.54, 1.807) is 0 Å². The van der Waals surface area contributed by atoms with Crippen LogP contribution < -0.4 is 0 Å². The van der Waals surface area contributed by atoms with Crippen molar-refractivity contribution < 1.29 is 5.11 Å². The summed E-state index contributed by atoms with van der Waals surface area (Å²) in [6.45, 7) is 8.87. The van der Waals surface area contributed by atoms with Gasteiger partial charge in [0, 0.05) is 5.25 Å². The number of hydrogen-bond donors (Lipinski definition) is 1. The lowest BCUT2D eigenvalue weighted by Gasteiger charge is -2.30. The molecule has 1 heterocycles. The van der Waals surface area contributed by atoms with Crippen molar-refractivity contribution in [1.29, 1.82) is 0 Å². The maximum atomic E-state index is 10.3. The molecule has 0 aliphatic carbocycles. The average Bonchev–Trinajstić information content (AvgIpc) is 2.29. The van der Waals surface area contributed by atoms with Crippen LogP contribution in [0.4, 0.5) is 0 Å². The van der Waals surface area contributed by atoms with Gasteiger partial charge in [-0.15, -0.1) is 0 Å². The summed E-state index contributed by atoms with van der Waals surface area (Å²) >= 11 is 1.90. The Hall–Kier alpha value is 0.310. The van der Waals surface area contributed by atoms with Gasteiger partial charge >= 0.3 is 0 Å². The molecule has 1 aliphatic rings. The largest absolute Gasteiger partial charge is 0.389 e. The first-order chi connectivity index (χ1) is 5.83. The lowest BCUT2D eigenvalue weighted by molar-refractivity contribution is 0.0264. The lowest BCUT2D eigenvalue weighted by Crippen LogP contribution is -2.35. The highest BCUT2D eigenvalue weighted by molar-refractivity contribution is 8.00. The van der Waals surface area contributed by atoms with E-state index in [0.717, 1.165) is 25.0 Å². The molecule has 78 valence electrons. The van der Waals surface area contributed by atoms with Crippen LogP contribution in [0.5, 0.6) is 0 Å². The average molecular weight is 202 g/mol. The molecular formula is C11H22OS. The van der Waals surface area contributed by atoms with Gasteiger partial charge in [-0.3, -0.25) is 0 Å². The van der Waals surface area contributed by atoms with Gasteiger partial charge in [-0.2, -0.15) is 11.8 Å². The van der Waals surface area contributed by atoms with Crippen LogP contribution in [0.25, 0.3) is 0 Å². The molecule has 13 heavy (non-hydrogen) atoms. The molecule has 1 aliphatic heterocycles. The highest BCUT2D eigenvalue weighted by atomic mass is 32.2.